The van der Waals surface area contributed by atoms with Crippen molar-refractivity contribution in [1.82, 2.24) is 20.4 Å². The van der Waals surface area contributed by atoms with Crippen LogP contribution in [0, 0.1) is 0 Å². The fourth-order valence-electron chi connectivity index (χ4n) is 4.66. The molecule has 1 saturated heterocycles. The van der Waals surface area contributed by atoms with Crippen molar-refractivity contribution in [3.63, 3.8) is 0 Å². The van der Waals surface area contributed by atoms with E-state index < -0.39 is 65.3 Å². The Bertz CT molecular complexity index is 1670. The molecule has 1 N–H and O–H groups in total. The number of nitrogens with zero attached hydrogens (tertiary/aromatic N) is 4. The van der Waals surface area contributed by atoms with Crippen molar-refractivity contribution in [2.45, 2.75) is 90.6 Å². The molecule has 2 amide bonds. The van der Waals surface area contributed by atoms with Gasteiger partial charge in [0.1, 0.15) is 29.6 Å². The van der Waals surface area contributed by atoms with E-state index in [1.165, 1.54) is 11.0 Å². The molecule has 0 radical (unpaired) electrons. The highest BCUT2D eigenvalue weighted by molar-refractivity contribution is 5.99. The van der Waals surface area contributed by atoms with Crippen LogP contribution in [0.25, 0.3) is 11.4 Å². The third-order valence-corrected chi connectivity index (χ3v) is 6.67. The number of carbonyl (C=O) groups excluding carboxylic acids is 2. The summed E-state index contributed by atoms with van der Waals surface area (Å²) >= 11 is 0. The molecule has 1 unspecified atom stereocenters. The Hall–Kier alpha value is -4.83. The summed E-state index contributed by atoms with van der Waals surface area (Å²) in [6.07, 6.45) is -10.4. The third kappa shape index (κ3) is 10.3. The lowest BCUT2D eigenvalue weighted by molar-refractivity contribution is -0.139. The van der Waals surface area contributed by atoms with Gasteiger partial charge in [0, 0.05) is 12.1 Å². The summed E-state index contributed by atoms with van der Waals surface area (Å²) in [7, 11) is 0. The number of halogens is 6. The molecule has 11 nitrogen and oxygen atoms in total. The molecule has 0 spiro atoms. The SMILES string of the molecule is CC(C)(C)OC(=O)N=C(NC(=O)OC(C)(C)C)N1CCCC1c1nc(-c2ccc(OCc3ccc(C(F)(F)F)cc3)c(C(F)(F)F)c2)no1. The first-order valence-electron chi connectivity index (χ1n) is 15.0. The van der Waals surface area contributed by atoms with E-state index in [0.717, 1.165) is 36.4 Å². The predicted molar refractivity (Wildman–Crippen MR) is 162 cm³/mol. The van der Waals surface area contributed by atoms with Gasteiger partial charge >= 0.3 is 24.5 Å². The Balaban J connectivity index is 1.58. The average molecular weight is 700 g/mol. The molecule has 1 aliphatic heterocycles. The van der Waals surface area contributed by atoms with Gasteiger partial charge in [-0.25, -0.2) is 9.59 Å². The molecule has 49 heavy (non-hydrogen) atoms. The van der Waals surface area contributed by atoms with Crippen LogP contribution >= 0.6 is 0 Å². The van der Waals surface area contributed by atoms with Crippen LogP contribution in [0.1, 0.15) is 83.0 Å². The van der Waals surface area contributed by atoms with Gasteiger partial charge in [-0.05, 0) is 90.3 Å². The van der Waals surface area contributed by atoms with E-state index in [0.29, 0.717) is 12.8 Å². The molecule has 0 aliphatic carbocycles. The van der Waals surface area contributed by atoms with Gasteiger partial charge < -0.3 is 23.6 Å². The largest absolute Gasteiger partial charge is 0.488 e. The fraction of sp³-hybridized carbons (Fsp3) is 0.469. The van der Waals surface area contributed by atoms with Crippen molar-refractivity contribution >= 4 is 18.1 Å². The number of ether oxygens (including phenoxy) is 3. The van der Waals surface area contributed by atoms with Crippen molar-refractivity contribution in [2.24, 2.45) is 4.99 Å². The first kappa shape index (κ1) is 37.0. The molecule has 3 aromatic rings. The van der Waals surface area contributed by atoms with Gasteiger partial charge in [-0.1, -0.05) is 17.3 Å². The summed E-state index contributed by atoms with van der Waals surface area (Å²) in [5, 5.41) is 6.33. The van der Waals surface area contributed by atoms with Gasteiger partial charge in [-0.2, -0.15) is 31.3 Å². The van der Waals surface area contributed by atoms with E-state index in [1.54, 1.807) is 41.5 Å². The molecule has 1 aliphatic rings. The summed E-state index contributed by atoms with van der Waals surface area (Å²) in [4.78, 5) is 35.1. The maximum atomic E-state index is 14.1. The number of hydrogen-bond donors (Lipinski definition) is 1. The smallest absolute Gasteiger partial charge is 0.437 e. The summed E-state index contributed by atoms with van der Waals surface area (Å²) < 4.78 is 102. The van der Waals surface area contributed by atoms with Crippen molar-refractivity contribution < 1.29 is 54.7 Å². The molecule has 1 atom stereocenters. The van der Waals surface area contributed by atoms with Gasteiger partial charge in [0.15, 0.2) is 0 Å². The van der Waals surface area contributed by atoms with Crippen molar-refractivity contribution in [3.8, 4) is 17.1 Å². The summed E-state index contributed by atoms with van der Waals surface area (Å²) in [5.74, 6) is -0.975. The van der Waals surface area contributed by atoms with Crippen molar-refractivity contribution in [1.29, 1.82) is 0 Å². The molecule has 0 saturated carbocycles. The Morgan fingerprint density at radius 2 is 1.59 bits per heavy atom. The molecule has 4 rings (SSSR count). The van der Waals surface area contributed by atoms with Crippen LogP contribution in [-0.4, -0.2) is 50.9 Å². The number of alkyl carbamates (subject to hydrolysis) is 1. The van der Waals surface area contributed by atoms with E-state index in [9.17, 15) is 35.9 Å². The molecule has 0 bridgehead atoms. The van der Waals surface area contributed by atoms with Gasteiger partial charge in [-0.3, -0.25) is 5.32 Å². The fourth-order valence-corrected chi connectivity index (χ4v) is 4.66. The zero-order valence-corrected chi connectivity index (χ0v) is 27.5. The van der Waals surface area contributed by atoms with Crippen LogP contribution < -0.4 is 10.1 Å². The minimum atomic E-state index is -4.87. The number of aliphatic imine (C=N–C) groups is 1. The highest BCUT2D eigenvalue weighted by Crippen LogP contribution is 2.40. The lowest BCUT2D eigenvalue weighted by Gasteiger charge is -2.27. The lowest BCUT2D eigenvalue weighted by Crippen LogP contribution is -2.46. The lowest BCUT2D eigenvalue weighted by atomic mass is 10.1. The highest BCUT2D eigenvalue weighted by atomic mass is 19.4. The Labute approximate surface area is 277 Å². The summed E-state index contributed by atoms with van der Waals surface area (Å²) in [6, 6.07) is 6.22. The quantitative estimate of drug-likeness (QED) is 0.159. The normalized spacial score (nSPS) is 16.0. The minimum Gasteiger partial charge on any atom is -0.488 e. The number of amides is 2. The zero-order valence-electron chi connectivity index (χ0n) is 27.5. The van der Waals surface area contributed by atoms with Crippen LogP contribution in [0.2, 0.25) is 0 Å². The number of nitrogens with one attached hydrogen (secondary N) is 1. The molecule has 2 aromatic carbocycles. The van der Waals surface area contributed by atoms with Crippen molar-refractivity contribution in [2.75, 3.05) is 6.54 Å². The van der Waals surface area contributed by atoms with Gasteiger partial charge in [0.2, 0.25) is 17.7 Å². The number of aromatic nitrogens is 2. The molecule has 266 valence electrons. The van der Waals surface area contributed by atoms with E-state index >= 15 is 0 Å². The maximum Gasteiger partial charge on any atom is 0.437 e. The van der Waals surface area contributed by atoms with Crippen LogP contribution in [0.3, 0.4) is 0 Å². The van der Waals surface area contributed by atoms with Gasteiger partial charge in [0.05, 0.1) is 11.1 Å². The molecule has 1 aromatic heterocycles. The molecule has 17 heteroatoms. The third-order valence-electron chi connectivity index (χ3n) is 6.67. The van der Waals surface area contributed by atoms with Gasteiger partial charge in [-0.15, -0.1) is 4.99 Å². The number of rotatable bonds is 5. The highest BCUT2D eigenvalue weighted by Gasteiger charge is 2.37. The molecular weight excluding hydrogens is 664 g/mol. The number of benzene rings is 2. The Morgan fingerprint density at radius 1 is 0.939 bits per heavy atom. The van der Waals surface area contributed by atoms with Gasteiger partial charge in [0.25, 0.3) is 0 Å². The minimum absolute atomic E-state index is 0.0217. The maximum absolute atomic E-state index is 14.1. The first-order valence-corrected chi connectivity index (χ1v) is 15.0. The second-order valence-electron chi connectivity index (χ2n) is 13.0. The molecule has 1 fully saturated rings. The van der Waals surface area contributed by atoms with E-state index in [1.807, 2.05) is 0 Å². The predicted octanol–water partition coefficient (Wildman–Crippen LogP) is 8.31. The number of carbonyl (C=O) groups is 2. The monoisotopic (exact) mass is 699 g/mol. The van der Waals surface area contributed by atoms with Crippen LogP contribution in [0.5, 0.6) is 5.75 Å². The van der Waals surface area contributed by atoms with Crippen LogP contribution in [0.4, 0.5) is 35.9 Å². The summed E-state index contributed by atoms with van der Waals surface area (Å²) in [5.41, 5.74) is -3.66. The first-order chi connectivity index (χ1) is 22.6. The second kappa shape index (κ2) is 14.0. The van der Waals surface area contributed by atoms with Crippen LogP contribution in [0.15, 0.2) is 52.0 Å². The average Bonchev–Trinajstić information content (AvgIpc) is 3.63. The summed E-state index contributed by atoms with van der Waals surface area (Å²) in [6.45, 7) is 9.73. The Morgan fingerprint density at radius 3 is 2.18 bits per heavy atom. The number of hydrogen-bond acceptors (Lipinski definition) is 8. The second-order valence-corrected chi connectivity index (χ2v) is 13.0. The standard InChI is InChI=1S/C32H35F6N5O6/c1-29(2,3)47-27(44)40-26(41-28(45)48-30(4,5)6)43-15-7-8-22(43)25-39-24(42-49-25)19-11-14-23(21(16-19)32(36,37)38)46-17-18-9-12-20(13-10-18)31(33,34)35/h9-14,16,22H,7-8,15,17H2,1-6H3,(H,40,41,44,45). The number of guanidine groups is 1. The van der Waals surface area contributed by atoms with E-state index in [4.69, 9.17) is 18.7 Å². The molecule has 2 heterocycles. The number of likely N-dealkylation sites (tertiary alicyclic amines) is 1. The van der Waals surface area contributed by atoms with Crippen LogP contribution in [-0.2, 0) is 28.4 Å². The number of alkyl halides is 6. The Kier molecular flexibility index (Phi) is 10.5. The van der Waals surface area contributed by atoms with Crippen molar-refractivity contribution in [3.05, 3.63) is 65.0 Å². The van der Waals surface area contributed by atoms with E-state index in [2.05, 4.69) is 20.4 Å². The zero-order chi connectivity index (χ0) is 36.4. The van der Waals surface area contributed by atoms with E-state index in [-0.39, 0.29) is 35.3 Å². The topological polar surface area (TPSA) is 128 Å². The molecular formula is C32H35F6N5O6.